The minimum atomic E-state index is -3.87. The quantitative estimate of drug-likeness (QED) is 0.507. The Kier molecular flexibility index (Phi) is 6.80. The van der Waals surface area contributed by atoms with Crippen LogP contribution in [-0.4, -0.2) is 72.9 Å². The van der Waals surface area contributed by atoms with Crippen molar-refractivity contribution in [2.45, 2.75) is 38.5 Å². The average Bonchev–Trinajstić information content (AvgIpc) is 3.50. The summed E-state index contributed by atoms with van der Waals surface area (Å²) >= 11 is 0. The van der Waals surface area contributed by atoms with Gasteiger partial charge in [-0.05, 0) is 56.5 Å². The molecule has 2 fully saturated rings. The third kappa shape index (κ3) is 4.75. The maximum atomic E-state index is 13.9. The molecule has 1 amide bonds. The van der Waals surface area contributed by atoms with Crippen LogP contribution in [0.3, 0.4) is 0 Å². The van der Waals surface area contributed by atoms with Crippen molar-refractivity contribution in [2.24, 2.45) is 5.92 Å². The van der Waals surface area contributed by atoms with Crippen molar-refractivity contribution in [1.82, 2.24) is 19.3 Å². The van der Waals surface area contributed by atoms with Crippen molar-refractivity contribution < 1.29 is 17.7 Å². The van der Waals surface area contributed by atoms with Crippen LogP contribution in [0.2, 0.25) is 0 Å². The normalized spacial score (nSPS) is 21.0. The molecule has 0 bridgehead atoms. The molecule has 37 heavy (non-hydrogen) atoms. The zero-order chi connectivity index (χ0) is 26.3. The topological polar surface area (TPSA) is 99.8 Å². The van der Waals surface area contributed by atoms with Gasteiger partial charge in [-0.15, -0.1) is 0 Å². The third-order valence-electron chi connectivity index (χ3n) is 7.58. The summed E-state index contributed by atoms with van der Waals surface area (Å²) in [5, 5.41) is 3.83. The second kappa shape index (κ2) is 9.90. The van der Waals surface area contributed by atoms with Crippen molar-refractivity contribution in [1.29, 1.82) is 0 Å². The van der Waals surface area contributed by atoms with Crippen molar-refractivity contribution in [3.63, 3.8) is 0 Å². The lowest BCUT2D eigenvalue weighted by atomic mass is 9.88. The molecule has 2 aliphatic heterocycles. The molecule has 10 heteroatoms. The number of pyridine rings is 1. The Balaban J connectivity index is 1.37. The second-order valence-electron chi connectivity index (χ2n) is 10.1. The van der Waals surface area contributed by atoms with E-state index in [9.17, 15) is 13.2 Å². The number of hydrogen-bond acceptors (Lipinski definition) is 7. The number of carbonyl (C=O) groups is 1. The molecule has 0 spiro atoms. The van der Waals surface area contributed by atoms with E-state index in [1.165, 1.54) is 21.1 Å². The first-order chi connectivity index (χ1) is 17.7. The third-order valence-corrected chi connectivity index (χ3v) is 9.66. The number of aryl methyl sites for hydroxylation is 4. The molecular formula is C27H33N5O4S. The molecule has 5 rings (SSSR count). The van der Waals surface area contributed by atoms with E-state index in [-0.39, 0.29) is 35.6 Å². The lowest BCUT2D eigenvalue weighted by molar-refractivity contribution is -0.135. The zero-order valence-electron chi connectivity index (χ0n) is 21.7. The molecule has 3 aromatic rings. The summed E-state index contributed by atoms with van der Waals surface area (Å²) in [5.74, 6) is -0.529. The molecule has 9 nitrogen and oxygen atoms in total. The maximum absolute atomic E-state index is 13.9. The number of carbonyl (C=O) groups excluding carboxylic acids is 1. The van der Waals surface area contributed by atoms with E-state index < -0.39 is 15.9 Å². The number of sulfonamides is 1. The van der Waals surface area contributed by atoms with E-state index >= 15 is 0 Å². The van der Waals surface area contributed by atoms with Crippen LogP contribution in [0.1, 0.15) is 34.1 Å². The van der Waals surface area contributed by atoms with Crippen LogP contribution >= 0.6 is 0 Å². The van der Waals surface area contributed by atoms with Gasteiger partial charge in [0, 0.05) is 63.3 Å². The first kappa shape index (κ1) is 25.4. The van der Waals surface area contributed by atoms with Gasteiger partial charge in [0.25, 0.3) is 0 Å². The van der Waals surface area contributed by atoms with Crippen molar-refractivity contribution in [3.8, 4) is 0 Å². The molecular weight excluding hydrogens is 490 g/mol. The molecule has 2 aliphatic rings. The fourth-order valence-corrected chi connectivity index (χ4v) is 7.36. The van der Waals surface area contributed by atoms with Gasteiger partial charge < -0.3 is 14.3 Å². The van der Waals surface area contributed by atoms with Gasteiger partial charge in [0.2, 0.25) is 15.9 Å². The number of benzene rings is 1. The summed E-state index contributed by atoms with van der Waals surface area (Å²) in [6.45, 7) is 10.4. The van der Waals surface area contributed by atoms with Crippen molar-refractivity contribution >= 4 is 21.6 Å². The number of anilines is 1. The number of nitrogens with zero attached hydrogens (tertiary/aromatic N) is 5. The predicted molar refractivity (Wildman–Crippen MR) is 140 cm³/mol. The van der Waals surface area contributed by atoms with Gasteiger partial charge in [-0.2, -0.15) is 4.31 Å². The highest BCUT2D eigenvalue weighted by molar-refractivity contribution is 7.89. The monoisotopic (exact) mass is 523 g/mol. The van der Waals surface area contributed by atoms with Crippen LogP contribution in [0.25, 0.3) is 0 Å². The highest BCUT2D eigenvalue weighted by atomic mass is 32.2. The Bertz CT molecular complexity index is 1380. The molecule has 2 saturated heterocycles. The minimum Gasteiger partial charge on any atom is -0.368 e. The van der Waals surface area contributed by atoms with E-state index in [1.807, 2.05) is 17.0 Å². The Morgan fingerprint density at radius 1 is 1.03 bits per heavy atom. The Morgan fingerprint density at radius 2 is 1.78 bits per heavy atom. The number of piperazine rings is 1. The molecule has 1 aromatic carbocycles. The smallest absolute Gasteiger partial charge is 0.248 e. The highest BCUT2D eigenvalue weighted by Gasteiger charge is 2.46. The lowest BCUT2D eigenvalue weighted by Gasteiger charge is -2.38. The molecule has 2 atom stereocenters. The van der Waals surface area contributed by atoms with Gasteiger partial charge in [-0.25, -0.2) is 8.42 Å². The molecule has 0 aliphatic carbocycles. The minimum absolute atomic E-state index is 0.00840. The van der Waals surface area contributed by atoms with Crippen LogP contribution in [0.5, 0.6) is 0 Å². The molecule has 4 heterocycles. The fourth-order valence-electron chi connectivity index (χ4n) is 5.58. The van der Waals surface area contributed by atoms with Gasteiger partial charge in [-0.3, -0.25) is 9.78 Å². The molecule has 0 unspecified atom stereocenters. The SMILES string of the molecule is Cc1ccc(C)c(N2CCN(C(=O)[C@@H]3CN(S(=O)(=O)c4c(C)noc4C)C[C@H]3c3cccnc3)CC2)c1. The van der Waals surface area contributed by atoms with E-state index in [1.54, 1.807) is 26.2 Å². The van der Waals surface area contributed by atoms with Crippen LogP contribution in [0.15, 0.2) is 52.1 Å². The van der Waals surface area contributed by atoms with Crippen LogP contribution < -0.4 is 4.90 Å². The van der Waals surface area contributed by atoms with Gasteiger partial charge in [0.05, 0.1) is 5.92 Å². The van der Waals surface area contributed by atoms with Gasteiger partial charge in [0.1, 0.15) is 10.6 Å². The Labute approximate surface area is 218 Å². The van der Waals surface area contributed by atoms with Crippen LogP contribution in [0, 0.1) is 33.6 Å². The summed E-state index contributed by atoms with van der Waals surface area (Å²) in [7, 11) is -3.87. The Morgan fingerprint density at radius 3 is 2.43 bits per heavy atom. The van der Waals surface area contributed by atoms with Crippen LogP contribution in [-0.2, 0) is 14.8 Å². The lowest BCUT2D eigenvalue weighted by Crippen LogP contribution is -2.51. The van der Waals surface area contributed by atoms with E-state index in [2.05, 4.69) is 47.1 Å². The maximum Gasteiger partial charge on any atom is 0.248 e. The largest absolute Gasteiger partial charge is 0.368 e. The summed E-state index contributed by atoms with van der Waals surface area (Å²) < 4.78 is 33.7. The van der Waals surface area contributed by atoms with Crippen LogP contribution in [0.4, 0.5) is 5.69 Å². The number of amides is 1. The van der Waals surface area contributed by atoms with E-state index in [4.69, 9.17) is 4.52 Å². The van der Waals surface area contributed by atoms with Gasteiger partial charge >= 0.3 is 0 Å². The first-order valence-electron chi connectivity index (χ1n) is 12.6. The zero-order valence-corrected chi connectivity index (χ0v) is 22.5. The van der Waals surface area contributed by atoms with Crippen molar-refractivity contribution in [2.75, 3.05) is 44.2 Å². The summed E-state index contributed by atoms with van der Waals surface area (Å²) in [6, 6.07) is 10.2. The molecule has 0 radical (unpaired) electrons. The Hall–Kier alpha value is -3.24. The van der Waals surface area contributed by atoms with E-state index in [0.717, 1.165) is 18.7 Å². The number of aromatic nitrogens is 2. The first-order valence-corrected chi connectivity index (χ1v) is 14.0. The number of hydrogen-bond donors (Lipinski definition) is 0. The number of rotatable bonds is 5. The molecule has 2 aromatic heterocycles. The summed E-state index contributed by atoms with van der Waals surface area (Å²) in [4.78, 5) is 22.4. The average molecular weight is 524 g/mol. The van der Waals surface area contributed by atoms with Gasteiger partial charge in [0.15, 0.2) is 5.76 Å². The summed E-state index contributed by atoms with van der Waals surface area (Å²) in [5.41, 5.74) is 4.83. The van der Waals surface area contributed by atoms with Crippen molar-refractivity contribution in [3.05, 3.63) is 70.9 Å². The van der Waals surface area contributed by atoms with E-state index in [0.29, 0.717) is 18.8 Å². The molecule has 196 valence electrons. The summed E-state index contributed by atoms with van der Waals surface area (Å²) in [6.07, 6.45) is 3.41. The molecule has 0 saturated carbocycles. The molecule has 0 N–H and O–H groups in total. The predicted octanol–water partition coefficient (Wildman–Crippen LogP) is 3.06. The van der Waals surface area contributed by atoms with Gasteiger partial charge in [-0.1, -0.05) is 23.4 Å². The fraction of sp³-hybridized carbons (Fsp3) is 0.444. The second-order valence-corrected chi connectivity index (χ2v) is 12.0. The highest BCUT2D eigenvalue weighted by Crippen LogP contribution is 2.38. The standard InChI is InChI=1S/C27H33N5O4S/c1-18-7-8-19(2)25(14-18)30-10-12-31(13-11-30)27(33)24-17-32(16-23(24)22-6-5-9-28-15-22)37(34,35)26-20(3)29-36-21(26)4/h5-9,14-15,23-24H,10-13,16-17H2,1-4H3/t23-,24+/m0/s1.